The van der Waals surface area contributed by atoms with Crippen molar-refractivity contribution < 1.29 is 9.18 Å². The second kappa shape index (κ2) is 10.8. The molecule has 0 aliphatic heterocycles. The number of alkyl halides is 1. The number of hydrogen-bond acceptors (Lipinski definition) is 1. The van der Waals surface area contributed by atoms with Gasteiger partial charge in [-0.2, -0.15) is 0 Å². The van der Waals surface area contributed by atoms with Gasteiger partial charge in [0.2, 0.25) is 0 Å². The molecule has 0 aromatic carbocycles. The van der Waals surface area contributed by atoms with Crippen LogP contribution in [0, 0.1) is 5.92 Å². The minimum Gasteiger partial charge on any atom is -0.338 e. The third kappa shape index (κ3) is 9.87. The van der Waals surface area contributed by atoms with Crippen LogP contribution in [0.2, 0.25) is 0 Å². The van der Waals surface area contributed by atoms with Crippen molar-refractivity contribution in [1.29, 1.82) is 0 Å². The molecular weight excluding hydrogens is 231 g/mol. The molecule has 2 N–H and O–H groups in total. The summed E-state index contributed by atoms with van der Waals surface area (Å²) in [4.78, 5) is 11.4. The van der Waals surface area contributed by atoms with E-state index < -0.39 is 6.17 Å². The van der Waals surface area contributed by atoms with E-state index in [1.54, 1.807) is 6.08 Å². The fraction of sp³-hybridized carbons (Fsp3) is 0.643. The molecule has 104 valence electrons. The highest BCUT2D eigenvalue weighted by molar-refractivity contribution is 5.73. The van der Waals surface area contributed by atoms with Crippen LogP contribution in [0.1, 0.15) is 33.6 Å². The second-order valence-corrected chi connectivity index (χ2v) is 4.27. The van der Waals surface area contributed by atoms with Crippen molar-refractivity contribution in [1.82, 2.24) is 10.6 Å². The molecule has 0 spiro atoms. The summed E-state index contributed by atoms with van der Waals surface area (Å²) in [5, 5.41) is 5.50. The number of amides is 2. The van der Waals surface area contributed by atoms with Crippen molar-refractivity contribution in [3.63, 3.8) is 0 Å². The Morgan fingerprint density at radius 1 is 1.33 bits per heavy atom. The van der Waals surface area contributed by atoms with Gasteiger partial charge in [0, 0.05) is 13.1 Å². The van der Waals surface area contributed by atoms with Crippen molar-refractivity contribution >= 4 is 6.03 Å². The van der Waals surface area contributed by atoms with Gasteiger partial charge in [0.15, 0.2) is 0 Å². The fourth-order valence-electron chi connectivity index (χ4n) is 1.50. The quantitative estimate of drug-likeness (QED) is 0.643. The summed E-state index contributed by atoms with van der Waals surface area (Å²) in [6.45, 7) is 6.54. The lowest BCUT2D eigenvalue weighted by Gasteiger charge is -2.13. The summed E-state index contributed by atoms with van der Waals surface area (Å²) < 4.78 is 12.7. The smallest absolute Gasteiger partial charge is 0.315 e. The van der Waals surface area contributed by atoms with Crippen molar-refractivity contribution in [2.24, 2.45) is 5.92 Å². The predicted octanol–water partition coefficient (Wildman–Crippen LogP) is 3.19. The van der Waals surface area contributed by atoms with Gasteiger partial charge in [-0.15, -0.1) is 0 Å². The maximum absolute atomic E-state index is 12.7. The zero-order valence-corrected chi connectivity index (χ0v) is 11.6. The van der Waals surface area contributed by atoms with Crippen molar-refractivity contribution in [2.75, 3.05) is 13.1 Å². The average Bonchev–Trinajstić information content (AvgIpc) is 2.33. The van der Waals surface area contributed by atoms with Crippen LogP contribution in [0.15, 0.2) is 24.3 Å². The van der Waals surface area contributed by atoms with E-state index >= 15 is 0 Å². The molecule has 18 heavy (non-hydrogen) atoms. The normalized spacial score (nSPS) is 14.9. The molecule has 0 fully saturated rings. The van der Waals surface area contributed by atoms with Crippen LogP contribution in [0.5, 0.6) is 0 Å². The first-order valence-electron chi connectivity index (χ1n) is 6.55. The lowest BCUT2D eigenvalue weighted by Crippen LogP contribution is -2.38. The number of carbonyl (C=O) groups is 1. The molecule has 0 heterocycles. The van der Waals surface area contributed by atoms with Gasteiger partial charge in [0.25, 0.3) is 0 Å². The number of halogens is 1. The number of carbonyl (C=O) groups excluding carboxylic acids is 1. The molecule has 2 amide bonds. The molecule has 4 heteroatoms. The molecule has 0 saturated carbocycles. The number of rotatable bonds is 8. The summed E-state index contributed by atoms with van der Waals surface area (Å²) in [5.74, 6) is 0.195. The highest BCUT2D eigenvalue weighted by Crippen LogP contribution is 2.08. The number of urea groups is 1. The first-order valence-corrected chi connectivity index (χ1v) is 6.55. The van der Waals surface area contributed by atoms with E-state index in [2.05, 4.69) is 17.6 Å². The van der Waals surface area contributed by atoms with Crippen LogP contribution in [-0.2, 0) is 0 Å². The van der Waals surface area contributed by atoms with Crippen molar-refractivity contribution in [2.45, 2.75) is 39.8 Å². The zero-order valence-electron chi connectivity index (χ0n) is 11.6. The van der Waals surface area contributed by atoms with E-state index in [4.69, 9.17) is 0 Å². The zero-order chi connectivity index (χ0) is 13.8. The van der Waals surface area contributed by atoms with E-state index in [1.165, 1.54) is 6.92 Å². The highest BCUT2D eigenvalue weighted by Gasteiger charge is 2.06. The van der Waals surface area contributed by atoms with Gasteiger partial charge in [-0.3, -0.25) is 0 Å². The highest BCUT2D eigenvalue weighted by atomic mass is 19.1. The lowest BCUT2D eigenvalue weighted by atomic mass is 10.0. The maximum Gasteiger partial charge on any atom is 0.315 e. The molecule has 0 aliphatic rings. The van der Waals surface area contributed by atoms with Gasteiger partial charge in [0.05, 0.1) is 0 Å². The molecule has 3 nitrogen and oxygen atoms in total. The topological polar surface area (TPSA) is 41.1 Å². The molecule has 2 atom stereocenters. The number of allylic oxidation sites excluding steroid dienone is 2. The molecule has 0 radical (unpaired) electrons. The monoisotopic (exact) mass is 256 g/mol. The standard InChI is InChI=1S/C14H25FN2O/c1-4-6-10-16-14(18)17-11-13(7-5-2)9-8-12(3)15/h4,6,8-9,12-13H,5,7,10-11H2,1-3H3,(H2,16,17,18)/b6-4-,9-8-/t12?,13-/m1/s1. The van der Waals surface area contributed by atoms with Gasteiger partial charge < -0.3 is 10.6 Å². The van der Waals surface area contributed by atoms with Crippen molar-refractivity contribution in [3.8, 4) is 0 Å². The van der Waals surface area contributed by atoms with E-state index in [9.17, 15) is 9.18 Å². The minimum absolute atomic E-state index is 0.184. The summed E-state index contributed by atoms with van der Waals surface area (Å²) in [6.07, 6.45) is 8.16. The summed E-state index contributed by atoms with van der Waals surface area (Å²) in [7, 11) is 0. The Morgan fingerprint density at radius 2 is 2.06 bits per heavy atom. The largest absolute Gasteiger partial charge is 0.338 e. The maximum atomic E-state index is 12.7. The summed E-state index contributed by atoms with van der Waals surface area (Å²) >= 11 is 0. The minimum atomic E-state index is -0.937. The Morgan fingerprint density at radius 3 is 2.61 bits per heavy atom. The Bertz CT molecular complexity index is 275. The third-order valence-electron chi connectivity index (χ3n) is 2.45. The molecular formula is C14H25FN2O. The van der Waals surface area contributed by atoms with Crippen LogP contribution < -0.4 is 10.6 Å². The SMILES string of the molecule is C/C=C\CNC(=O)NC[C@@H](/C=C\C(C)F)CCC. The van der Waals surface area contributed by atoms with Crippen molar-refractivity contribution in [3.05, 3.63) is 24.3 Å². The molecule has 0 saturated heterocycles. The van der Waals surface area contributed by atoms with Gasteiger partial charge in [0.1, 0.15) is 6.17 Å². The van der Waals surface area contributed by atoms with Crippen LogP contribution in [0.25, 0.3) is 0 Å². The Labute approximate surface area is 110 Å². The van der Waals surface area contributed by atoms with E-state index in [1.807, 2.05) is 25.2 Å². The van der Waals surface area contributed by atoms with Crippen LogP contribution in [0.3, 0.4) is 0 Å². The van der Waals surface area contributed by atoms with Gasteiger partial charge in [-0.1, -0.05) is 37.6 Å². The van der Waals surface area contributed by atoms with Gasteiger partial charge in [-0.05, 0) is 26.2 Å². The first kappa shape index (κ1) is 16.7. The predicted molar refractivity (Wildman–Crippen MR) is 74.3 cm³/mol. The summed E-state index contributed by atoms with van der Waals surface area (Å²) in [6, 6.07) is -0.184. The lowest BCUT2D eigenvalue weighted by molar-refractivity contribution is 0.240. The fourth-order valence-corrected chi connectivity index (χ4v) is 1.50. The molecule has 0 aromatic rings. The molecule has 0 bridgehead atoms. The average molecular weight is 256 g/mol. The van der Waals surface area contributed by atoms with Crippen LogP contribution in [-0.4, -0.2) is 25.3 Å². The molecule has 0 rings (SSSR count). The molecule has 1 unspecified atom stereocenters. The Kier molecular flexibility index (Phi) is 10.0. The van der Waals surface area contributed by atoms with Crippen LogP contribution in [0.4, 0.5) is 9.18 Å². The summed E-state index contributed by atoms with van der Waals surface area (Å²) in [5.41, 5.74) is 0. The second-order valence-electron chi connectivity index (χ2n) is 4.27. The number of hydrogen-bond donors (Lipinski definition) is 2. The third-order valence-corrected chi connectivity index (χ3v) is 2.45. The number of nitrogens with one attached hydrogen (secondary N) is 2. The van der Waals surface area contributed by atoms with E-state index in [0.717, 1.165) is 12.8 Å². The van der Waals surface area contributed by atoms with Crippen LogP contribution >= 0.6 is 0 Å². The molecule has 0 aromatic heterocycles. The molecule has 0 aliphatic carbocycles. The van der Waals surface area contributed by atoms with Gasteiger partial charge in [-0.25, -0.2) is 9.18 Å². The van der Waals surface area contributed by atoms with E-state index in [0.29, 0.717) is 13.1 Å². The van der Waals surface area contributed by atoms with E-state index in [-0.39, 0.29) is 11.9 Å². The Hall–Kier alpha value is -1.32. The Balaban J connectivity index is 3.98. The van der Waals surface area contributed by atoms with Gasteiger partial charge >= 0.3 is 6.03 Å². The first-order chi connectivity index (χ1) is 8.60.